The van der Waals surface area contributed by atoms with E-state index >= 15 is 0 Å². The minimum atomic E-state index is 0.0719. The van der Waals surface area contributed by atoms with E-state index in [0.29, 0.717) is 11.5 Å². The molecule has 1 fully saturated rings. The van der Waals surface area contributed by atoms with Crippen molar-refractivity contribution in [1.29, 1.82) is 0 Å². The van der Waals surface area contributed by atoms with Gasteiger partial charge in [0, 0.05) is 10.9 Å². The van der Waals surface area contributed by atoms with E-state index in [1.54, 1.807) is 11.8 Å². The van der Waals surface area contributed by atoms with Crippen molar-refractivity contribution >= 4 is 17.7 Å². The van der Waals surface area contributed by atoms with Crippen LogP contribution in [-0.4, -0.2) is 18.2 Å². The van der Waals surface area contributed by atoms with Crippen molar-refractivity contribution in [3.05, 3.63) is 29.8 Å². The Morgan fingerprint density at radius 1 is 1.39 bits per heavy atom. The molecule has 1 atom stereocenters. The first-order valence-electron chi connectivity index (χ1n) is 6.46. The molecule has 98 valence electrons. The number of hydrogen-bond donors (Lipinski definition) is 1. The molecule has 1 amide bonds. The van der Waals surface area contributed by atoms with Gasteiger partial charge in [-0.15, -0.1) is 11.8 Å². The molecule has 0 aliphatic heterocycles. The number of amides is 1. The molecule has 1 saturated carbocycles. The summed E-state index contributed by atoms with van der Waals surface area (Å²) in [7, 11) is 0. The molecule has 0 aromatic heterocycles. The van der Waals surface area contributed by atoms with Gasteiger partial charge in [0.1, 0.15) is 0 Å². The Balaban J connectivity index is 2.04. The second kappa shape index (κ2) is 5.35. The average Bonchev–Trinajstić information content (AvgIpc) is 2.68. The molecular formula is C15H21NOS. The largest absolute Gasteiger partial charge is 0.349 e. The van der Waals surface area contributed by atoms with Gasteiger partial charge in [0.05, 0.1) is 5.56 Å². The minimum absolute atomic E-state index is 0.0719. The number of thioether (sulfide) groups is 1. The molecule has 1 N–H and O–H groups in total. The van der Waals surface area contributed by atoms with Crippen LogP contribution in [0.4, 0.5) is 0 Å². The van der Waals surface area contributed by atoms with E-state index in [2.05, 4.69) is 19.2 Å². The predicted molar refractivity (Wildman–Crippen MR) is 77.1 cm³/mol. The van der Waals surface area contributed by atoms with Crippen LogP contribution in [0.1, 0.15) is 43.5 Å². The van der Waals surface area contributed by atoms with Gasteiger partial charge in [-0.05, 0) is 43.1 Å². The molecule has 1 aliphatic rings. The molecule has 1 aromatic rings. The molecule has 1 unspecified atom stereocenters. The molecule has 0 spiro atoms. The van der Waals surface area contributed by atoms with Crippen molar-refractivity contribution < 1.29 is 4.79 Å². The SMILES string of the molecule is CSc1ccccc1C(=O)NC1CCC(C)(C)C1. The van der Waals surface area contributed by atoms with Crippen molar-refractivity contribution in [2.24, 2.45) is 5.41 Å². The summed E-state index contributed by atoms with van der Waals surface area (Å²) < 4.78 is 0. The summed E-state index contributed by atoms with van der Waals surface area (Å²) >= 11 is 1.62. The Bertz CT molecular complexity index is 442. The number of carbonyl (C=O) groups is 1. The van der Waals surface area contributed by atoms with Crippen molar-refractivity contribution in [2.45, 2.75) is 44.0 Å². The fourth-order valence-electron chi connectivity index (χ4n) is 2.65. The van der Waals surface area contributed by atoms with Gasteiger partial charge in [-0.3, -0.25) is 4.79 Å². The molecule has 0 saturated heterocycles. The van der Waals surface area contributed by atoms with Crippen LogP contribution in [-0.2, 0) is 0 Å². The van der Waals surface area contributed by atoms with Gasteiger partial charge in [-0.2, -0.15) is 0 Å². The predicted octanol–water partition coefficient (Wildman–Crippen LogP) is 3.72. The maximum absolute atomic E-state index is 12.3. The van der Waals surface area contributed by atoms with E-state index in [1.807, 2.05) is 30.5 Å². The van der Waals surface area contributed by atoms with E-state index in [4.69, 9.17) is 0 Å². The minimum Gasteiger partial charge on any atom is -0.349 e. The highest BCUT2D eigenvalue weighted by Crippen LogP contribution is 2.37. The lowest BCUT2D eigenvalue weighted by Gasteiger charge is -2.18. The lowest BCUT2D eigenvalue weighted by atomic mass is 9.92. The highest BCUT2D eigenvalue weighted by Gasteiger charge is 2.31. The fraction of sp³-hybridized carbons (Fsp3) is 0.533. The zero-order valence-electron chi connectivity index (χ0n) is 11.3. The van der Waals surface area contributed by atoms with Gasteiger partial charge < -0.3 is 5.32 Å². The summed E-state index contributed by atoms with van der Waals surface area (Å²) in [6.07, 6.45) is 5.38. The van der Waals surface area contributed by atoms with E-state index in [0.717, 1.165) is 23.3 Å². The van der Waals surface area contributed by atoms with Gasteiger partial charge in [0.25, 0.3) is 5.91 Å². The summed E-state index contributed by atoms with van der Waals surface area (Å²) in [4.78, 5) is 13.3. The summed E-state index contributed by atoms with van der Waals surface area (Å²) in [6, 6.07) is 8.14. The average molecular weight is 263 g/mol. The van der Waals surface area contributed by atoms with Crippen molar-refractivity contribution in [3.8, 4) is 0 Å². The standard InChI is InChI=1S/C15H21NOS/c1-15(2)9-8-11(10-15)16-14(17)12-6-4-5-7-13(12)18-3/h4-7,11H,8-10H2,1-3H3,(H,16,17). The summed E-state index contributed by atoms with van der Waals surface area (Å²) in [6.45, 7) is 4.55. The van der Waals surface area contributed by atoms with Crippen LogP contribution in [0.25, 0.3) is 0 Å². The molecule has 2 nitrogen and oxygen atoms in total. The van der Waals surface area contributed by atoms with Gasteiger partial charge in [0.2, 0.25) is 0 Å². The van der Waals surface area contributed by atoms with E-state index < -0.39 is 0 Å². The van der Waals surface area contributed by atoms with E-state index in [1.165, 1.54) is 6.42 Å². The summed E-state index contributed by atoms with van der Waals surface area (Å²) in [5.41, 5.74) is 1.17. The quantitative estimate of drug-likeness (QED) is 0.842. The fourth-order valence-corrected chi connectivity index (χ4v) is 3.25. The maximum atomic E-state index is 12.3. The molecule has 0 radical (unpaired) electrons. The van der Waals surface area contributed by atoms with Gasteiger partial charge in [-0.1, -0.05) is 26.0 Å². The molecule has 2 rings (SSSR count). The third kappa shape index (κ3) is 3.08. The summed E-state index contributed by atoms with van der Waals surface area (Å²) in [5, 5.41) is 3.17. The van der Waals surface area contributed by atoms with Crippen molar-refractivity contribution in [2.75, 3.05) is 6.26 Å². The second-order valence-corrected chi connectivity index (χ2v) is 6.63. The van der Waals surface area contributed by atoms with Crippen molar-refractivity contribution in [3.63, 3.8) is 0 Å². The number of carbonyl (C=O) groups excluding carboxylic acids is 1. The molecule has 18 heavy (non-hydrogen) atoms. The highest BCUT2D eigenvalue weighted by atomic mass is 32.2. The topological polar surface area (TPSA) is 29.1 Å². The third-order valence-electron chi connectivity index (χ3n) is 3.66. The Morgan fingerprint density at radius 3 is 2.72 bits per heavy atom. The zero-order chi connectivity index (χ0) is 13.2. The monoisotopic (exact) mass is 263 g/mol. The van der Waals surface area contributed by atoms with Crippen LogP contribution in [0, 0.1) is 5.41 Å². The Morgan fingerprint density at radius 2 is 2.11 bits per heavy atom. The Hall–Kier alpha value is -0.960. The van der Waals surface area contributed by atoms with Gasteiger partial charge in [-0.25, -0.2) is 0 Å². The number of nitrogens with one attached hydrogen (secondary N) is 1. The molecular weight excluding hydrogens is 242 g/mol. The summed E-state index contributed by atoms with van der Waals surface area (Å²) in [5.74, 6) is 0.0719. The van der Waals surface area contributed by atoms with Crippen molar-refractivity contribution in [1.82, 2.24) is 5.32 Å². The van der Waals surface area contributed by atoms with Crippen LogP contribution in [0.15, 0.2) is 29.2 Å². The Labute approximate surface area is 114 Å². The van der Waals surface area contributed by atoms with Crippen LogP contribution in [0.3, 0.4) is 0 Å². The van der Waals surface area contributed by atoms with Crippen LogP contribution in [0.2, 0.25) is 0 Å². The van der Waals surface area contributed by atoms with E-state index in [-0.39, 0.29) is 5.91 Å². The first-order chi connectivity index (χ1) is 8.52. The molecule has 1 aliphatic carbocycles. The number of rotatable bonds is 3. The van der Waals surface area contributed by atoms with Gasteiger partial charge in [0.15, 0.2) is 0 Å². The normalized spacial score (nSPS) is 21.8. The van der Waals surface area contributed by atoms with E-state index in [9.17, 15) is 4.79 Å². The van der Waals surface area contributed by atoms with Crippen LogP contribution < -0.4 is 5.32 Å². The Kier molecular flexibility index (Phi) is 4.00. The first-order valence-corrected chi connectivity index (χ1v) is 7.68. The first kappa shape index (κ1) is 13.5. The number of hydrogen-bond acceptors (Lipinski definition) is 2. The lowest BCUT2D eigenvalue weighted by molar-refractivity contribution is 0.0933. The van der Waals surface area contributed by atoms with Crippen LogP contribution >= 0.6 is 11.8 Å². The number of benzene rings is 1. The smallest absolute Gasteiger partial charge is 0.252 e. The molecule has 0 heterocycles. The second-order valence-electron chi connectivity index (χ2n) is 5.78. The molecule has 3 heteroatoms. The molecule has 1 aromatic carbocycles. The highest BCUT2D eigenvalue weighted by molar-refractivity contribution is 7.98. The maximum Gasteiger partial charge on any atom is 0.252 e. The molecule has 0 bridgehead atoms. The lowest BCUT2D eigenvalue weighted by Crippen LogP contribution is -2.33. The van der Waals surface area contributed by atoms with Gasteiger partial charge >= 0.3 is 0 Å². The van der Waals surface area contributed by atoms with Crippen LogP contribution in [0.5, 0.6) is 0 Å². The third-order valence-corrected chi connectivity index (χ3v) is 4.45. The zero-order valence-corrected chi connectivity index (χ0v) is 12.1.